The van der Waals surface area contributed by atoms with Crippen molar-refractivity contribution in [3.63, 3.8) is 0 Å². The van der Waals surface area contributed by atoms with Gasteiger partial charge in [-0.2, -0.15) is 0 Å². The molecule has 0 aliphatic carbocycles. The fourth-order valence-electron chi connectivity index (χ4n) is 2.51. The Morgan fingerprint density at radius 3 is 2.20 bits per heavy atom. The highest BCUT2D eigenvalue weighted by molar-refractivity contribution is 5.99. The molecule has 0 bridgehead atoms. The molecule has 0 unspecified atom stereocenters. The molecule has 2 amide bonds. The number of hydrazine groups is 1. The highest BCUT2D eigenvalue weighted by Gasteiger charge is 2.16. The minimum Gasteiger partial charge on any atom is -0.491 e. The van der Waals surface area contributed by atoms with Crippen molar-refractivity contribution in [1.82, 2.24) is 10.9 Å². The standard InChI is InChI=1S/C19H20N2O4/c22-18(14-5-2-1-3-6-14)20-21-19(23)15-8-10-16(11-9-15)25-13-17-7-4-12-24-17/h1-3,5-6,8-11,17H,4,7,12-13H2,(H,20,22)(H,21,23)/t17-/m0/s1. The smallest absolute Gasteiger partial charge is 0.269 e. The number of rotatable bonds is 5. The molecular formula is C19H20N2O4. The molecule has 6 heteroatoms. The second kappa shape index (κ2) is 8.30. The first-order valence-electron chi connectivity index (χ1n) is 8.22. The van der Waals surface area contributed by atoms with Crippen LogP contribution in [0.1, 0.15) is 33.6 Å². The van der Waals surface area contributed by atoms with Crippen LogP contribution in [0.2, 0.25) is 0 Å². The van der Waals surface area contributed by atoms with Gasteiger partial charge >= 0.3 is 0 Å². The highest BCUT2D eigenvalue weighted by Crippen LogP contribution is 2.16. The second-order valence-corrected chi connectivity index (χ2v) is 5.74. The topological polar surface area (TPSA) is 76.7 Å². The second-order valence-electron chi connectivity index (χ2n) is 5.74. The van der Waals surface area contributed by atoms with E-state index in [2.05, 4.69) is 10.9 Å². The van der Waals surface area contributed by atoms with E-state index < -0.39 is 5.91 Å². The number of hydrogen-bond donors (Lipinski definition) is 2. The van der Waals surface area contributed by atoms with Gasteiger partial charge in [-0.25, -0.2) is 0 Å². The Morgan fingerprint density at radius 1 is 0.960 bits per heavy atom. The van der Waals surface area contributed by atoms with Gasteiger partial charge in [0.25, 0.3) is 11.8 Å². The molecule has 0 aromatic heterocycles. The van der Waals surface area contributed by atoms with Crippen molar-refractivity contribution in [3.05, 3.63) is 65.7 Å². The van der Waals surface area contributed by atoms with Crippen molar-refractivity contribution in [2.75, 3.05) is 13.2 Å². The fourth-order valence-corrected chi connectivity index (χ4v) is 2.51. The zero-order valence-electron chi connectivity index (χ0n) is 13.7. The summed E-state index contributed by atoms with van der Waals surface area (Å²) in [5, 5.41) is 0. The van der Waals surface area contributed by atoms with E-state index in [0.717, 1.165) is 19.4 Å². The lowest BCUT2D eigenvalue weighted by molar-refractivity contribution is 0.0679. The average molecular weight is 340 g/mol. The van der Waals surface area contributed by atoms with Crippen LogP contribution in [0.25, 0.3) is 0 Å². The van der Waals surface area contributed by atoms with Gasteiger partial charge in [-0.3, -0.25) is 20.4 Å². The summed E-state index contributed by atoms with van der Waals surface area (Å²) in [4.78, 5) is 24.0. The average Bonchev–Trinajstić information content (AvgIpc) is 3.19. The van der Waals surface area contributed by atoms with Crippen molar-refractivity contribution in [2.24, 2.45) is 0 Å². The first kappa shape index (κ1) is 17.0. The Bertz CT molecular complexity index is 710. The molecule has 25 heavy (non-hydrogen) atoms. The van der Waals surface area contributed by atoms with Crippen LogP contribution in [0.4, 0.5) is 0 Å². The van der Waals surface area contributed by atoms with Crippen LogP contribution >= 0.6 is 0 Å². The normalized spacial score (nSPS) is 16.2. The van der Waals surface area contributed by atoms with E-state index in [-0.39, 0.29) is 12.0 Å². The van der Waals surface area contributed by atoms with Gasteiger partial charge in [-0.15, -0.1) is 0 Å². The summed E-state index contributed by atoms with van der Waals surface area (Å²) in [6.07, 6.45) is 2.24. The summed E-state index contributed by atoms with van der Waals surface area (Å²) in [6, 6.07) is 15.4. The number of benzene rings is 2. The van der Waals surface area contributed by atoms with E-state index in [1.807, 2.05) is 6.07 Å². The predicted octanol–water partition coefficient (Wildman–Crippen LogP) is 2.32. The van der Waals surface area contributed by atoms with Gasteiger partial charge in [0.05, 0.1) is 6.10 Å². The van der Waals surface area contributed by atoms with Gasteiger partial charge in [-0.1, -0.05) is 18.2 Å². The minimum atomic E-state index is -0.394. The quantitative estimate of drug-likeness (QED) is 0.819. The molecule has 1 fully saturated rings. The summed E-state index contributed by atoms with van der Waals surface area (Å²) in [6.45, 7) is 1.31. The number of carbonyl (C=O) groups is 2. The fraction of sp³-hybridized carbons (Fsp3) is 0.263. The molecule has 1 aliphatic heterocycles. The van der Waals surface area contributed by atoms with E-state index >= 15 is 0 Å². The largest absolute Gasteiger partial charge is 0.491 e. The van der Waals surface area contributed by atoms with Gasteiger partial charge in [0.15, 0.2) is 0 Å². The van der Waals surface area contributed by atoms with Crippen molar-refractivity contribution in [1.29, 1.82) is 0 Å². The zero-order chi connectivity index (χ0) is 17.5. The number of hydrogen-bond acceptors (Lipinski definition) is 4. The van der Waals surface area contributed by atoms with E-state index in [9.17, 15) is 9.59 Å². The molecule has 1 heterocycles. The molecule has 2 aromatic carbocycles. The summed E-state index contributed by atoms with van der Waals surface area (Å²) in [5.74, 6) is -0.0826. The molecule has 2 aromatic rings. The van der Waals surface area contributed by atoms with Gasteiger partial charge in [0.2, 0.25) is 0 Å². The number of nitrogens with one attached hydrogen (secondary N) is 2. The van der Waals surface area contributed by atoms with Crippen molar-refractivity contribution in [2.45, 2.75) is 18.9 Å². The summed E-state index contributed by atoms with van der Waals surface area (Å²) in [7, 11) is 0. The lowest BCUT2D eigenvalue weighted by Crippen LogP contribution is -2.41. The Kier molecular flexibility index (Phi) is 5.64. The maximum absolute atomic E-state index is 12.1. The van der Waals surface area contributed by atoms with Crippen LogP contribution < -0.4 is 15.6 Å². The Morgan fingerprint density at radius 2 is 1.60 bits per heavy atom. The zero-order valence-corrected chi connectivity index (χ0v) is 13.7. The van der Waals surface area contributed by atoms with Crippen LogP contribution in [0.15, 0.2) is 54.6 Å². The predicted molar refractivity (Wildman–Crippen MR) is 92.3 cm³/mol. The van der Waals surface area contributed by atoms with Crippen LogP contribution in [-0.2, 0) is 4.74 Å². The Hall–Kier alpha value is -2.86. The molecule has 130 valence electrons. The van der Waals surface area contributed by atoms with Crippen LogP contribution in [0.3, 0.4) is 0 Å². The van der Waals surface area contributed by atoms with Crippen LogP contribution in [0, 0.1) is 0 Å². The third kappa shape index (κ3) is 4.81. The maximum atomic E-state index is 12.1. The summed E-state index contributed by atoms with van der Waals surface area (Å²) >= 11 is 0. The lowest BCUT2D eigenvalue weighted by atomic mass is 10.2. The van der Waals surface area contributed by atoms with Crippen LogP contribution in [-0.4, -0.2) is 31.1 Å². The molecule has 1 saturated heterocycles. The lowest BCUT2D eigenvalue weighted by Gasteiger charge is -2.12. The summed E-state index contributed by atoms with van der Waals surface area (Å²) < 4.78 is 11.2. The molecule has 0 radical (unpaired) electrons. The van der Waals surface area contributed by atoms with Crippen molar-refractivity contribution in [3.8, 4) is 5.75 Å². The third-order valence-electron chi connectivity index (χ3n) is 3.90. The summed E-state index contributed by atoms with van der Waals surface area (Å²) in [5.41, 5.74) is 5.68. The first-order valence-corrected chi connectivity index (χ1v) is 8.22. The highest BCUT2D eigenvalue weighted by atomic mass is 16.5. The van der Waals surface area contributed by atoms with E-state index in [4.69, 9.17) is 9.47 Å². The molecule has 6 nitrogen and oxygen atoms in total. The Balaban J connectivity index is 1.47. The molecular weight excluding hydrogens is 320 g/mol. The molecule has 0 saturated carbocycles. The van der Waals surface area contributed by atoms with Gasteiger partial charge in [-0.05, 0) is 49.2 Å². The maximum Gasteiger partial charge on any atom is 0.269 e. The van der Waals surface area contributed by atoms with Gasteiger partial charge < -0.3 is 9.47 Å². The first-order chi connectivity index (χ1) is 12.2. The van der Waals surface area contributed by atoms with Gasteiger partial charge in [0.1, 0.15) is 12.4 Å². The van der Waals surface area contributed by atoms with Crippen molar-refractivity contribution >= 4 is 11.8 Å². The molecule has 1 aliphatic rings. The number of amides is 2. The number of carbonyl (C=O) groups excluding carboxylic acids is 2. The van der Waals surface area contributed by atoms with Gasteiger partial charge in [0, 0.05) is 17.7 Å². The molecule has 1 atom stereocenters. The third-order valence-corrected chi connectivity index (χ3v) is 3.90. The molecule has 0 spiro atoms. The Labute approximate surface area is 146 Å². The van der Waals surface area contributed by atoms with E-state index in [0.29, 0.717) is 23.5 Å². The SMILES string of the molecule is O=C(NNC(=O)c1ccc(OC[C@@H]2CCCO2)cc1)c1ccccc1. The van der Waals surface area contributed by atoms with E-state index in [1.54, 1.807) is 48.5 Å². The minimum absolute atomic E-state index is 0.149. The van der Waals surface area contributed by atoms with E-state index in [1.165, 1.54) is 0 Å². The number of ether oxygens (including phenoxy) is 2. The monoisotopic (exact) mass is 340 g/mol. The molecule has 2 N–H and O–H groups in total. The van der Waals surface area contributed by atoms with Crippen LogP contribution in [0.5, 0.6) is 5.75 Å². The molecule has 3 rings (SSSR count). The van der Waals surface area contributed by atoms with Crippen molar-refractivity contribution < 1.29 is 19.1 Å².